The van der Waals surface area contributed by atoms with Gasteiger partial charge in [0.2, 0.25) is 0 Å². The average Bonchev–Trinajstić information content (AvgIpc) is 2.53. The third kappa shape index (κ3) is 1.51. The molecule has 2 aromatic rings. The molecule has 0 spiro atoms. The number of ketones is 1. The molecule has 0 radical (unpaired) electrons. The van der Waals surface area contributed by atoms with Crippen molar-refractivity contribution in [2.45, 2.75) is 6.92 Å². The zero-order valence-corrected chi connectivity index (χ0v) is 9.32. The van der Waals surface area contributed by atoms with Crippen LogP contribution in [0, 0.1) is 5.82 Å². The van der Waals surface area contributed by atoms with Crippen molar-refractivity contribution in [3.05, 3.63) is 35.3 Å². The van der Waals surface area contributed by atoms with Gasteiger partial charge in [-0.1, -0.05) is 12.1 Å². The number of Topliss-reactive ketones (excluding diaryl/α,β-unsaturated/α-hetero) is 1. The van der Waals surface area contributed by atoms with Gasteiger partial charge in [-0.05, 0) is 13.0 Å². The molecule has 0 atom stereocenters. The van der Waals surface area contributed by atoms with Gasteiger partial charge in [-0.2, -0.15) is 0 Å². The van der Waals surface area contributed by atoms with E-state index in [-0.39, 0.29) is 16.8 Å². The van der Waals surface area contributed by atoms with Gasteiger partial charge in [0.1, 0.15) is 11.5 Å². The molecule has 1 heterocycles. The average molecular weight is 235 g/mol. The molecule has 88 valence electrons. The maximum absolute atomic E-state index is 13.6. The quantitative estimate of drug-likeness (QED) is 0.812. The Morgan fingerprint density at radius 1 is 1.35 bits per heavy atom. The zero-order valence-electron chi connectivity index (χ0n) is 9.32. The summed E-state index contributed by atoms with van der Waals surface area (Å²) in [6.45, 7) is 1.27. The largest absolute Gasteiger partial charge is 0.477 e. The van der Waals surface area contributed by atoms with Crippen LogP contribution in [-0.2, 0) is 7.05 Å². The second-order valence-corrected chi connectivity index (χ2v) is 3.78. The molecule has 2 rings (SSSR count). The Morgan fingerprint density at radius 2 is 2.00 bits per heavy atom. The molecule has 0 aliphatic carbocycles. The molecule has 0 saturated carbocycles. The second kappa shape index (κ2) is 3.69. The molecule has 4 nitrogen and oxygen atoms in total. The number of carbonyl (C=O) groups excluding carboxylic acids is 1. The highest BCUT2D eigenvalue weighted by Crippen LogP contribution is 2.27. The Bertz CT molecular complexity index is 643. The van der Waals surface area contributed by atoms with E-state index in [9.17, 15) is 14.0 Å². The number of aromatic carboxylic acids is 1. The molecule has 17 heavy (non-hydrogen) atoms. The number of benzene rings is 1. The Kier molecular flexibility index (Phi) is 2.46. The molecule has 5 heteroatoms. The van der Waals surface area contributed by atoms with Gasteiger partial charge >= 0.3 is 5.97 Å². The summed E-state index contributed by atoms with van der Waals surface area (Å²) in [4.78, 5) is 22.6. The number of carboxylic acid groups (broad SMARTS) is 1. The third-order valence-corrected chi connectivity index (χ3v) is 2.72. The summed E-state index contributed by atoms with van der Waals surface area (Å²) in [5.74, 6) is -2.17. The van der Waals surface area contributed by atoms with E-state index in [1.54, 1.807) is 6.07 Å². The topological polar surface area (TPSA) is 59.3 Å². The number of halogens is 1. The van der Waals surface area contributed by atoms with Gasteiger partial charge in [-0.15, -0.1) is 0 Å². The Balaban J connectivity index is 3.04. The normalized spacial score (nSPS) is 10.8. The molecular formula is C12H10FNO3. The van der Waals surface area contributed by atoms with Gasteiger partial charge in [0, 0.05) is 12.4 Å². The molecule has 0 aliphatic rings. The van der Waals surface area contributed by atoms with Crippen LogP contribution in [0.4, 0.5) is 4.39 Å². The van der Waals surface area contributed by atoms with Crippen molar-refractivity contribution in [1.29, 1.82) is 0 Å². The fraction of sp³-hybridized carbons (Fsp3) is 0.167. The smallest absolute Gasteiger partial charge is 0.353 e. The third-order valence-electron chi connectivity index (χ3n) is 2.72. The minimum Gasteiger partial charge on any atom is -0.477 e. The number of nitrogens with zero attached hydrogens (tertiary/aromatic N) is 1. The van der Waals surface area contributed by atoms with Gasteiger partial charge in [0.05, 0.1) is 11.1 Å². The Labute approximate surface area is 96.3 Å². The van der Waals surface area contributed by atoms with Crippen LogP contribution in [0.25, 0.3) is 10.9 Å². The van der Waals surface area contributed by atoms with Crippen molar-refractivity contribution < 1.29 is 19.1 Å². The van der Waals surface area contributed by atoms with Crippen molar-refractivity contribution in [2.75, 3.05) is 0 Å². The molecule has 1 aromatic heterocycles. The van der Waals surface area contributed by atoms with Crippen LogP contribution in [0.15, 0.2) is 18.2 Å². The van der Waals surface area contributed by atoms with Crippen LogP contribution < -0.4 is 0 Å². The highest BCUT2D eigenvalue weighted by Gasteiger charge is 2.24. The maximum Gasteiger partial charge on any atom is 0.353 e. The molecule has 1 N–H and O–H groups in total. The molecular weight excluding hydrogens is 225 g/mol. The monoisotopic (exact) mass is 235 g/mol. The maximum atomic E-state index is 13.6. The summed E-state index contributed by atoms with van der Waals surface area (Å²) in [5, 5.41) is 9.42. The van der Waals surface area contributed by atoms with Crippen molar-refractivity contribution in [1.82, 2.24) is 4.57 Å². The molecule has 0 aliphatic heterocycles. The predicted molar refractivity (Wildman–Crippen MR) is 59.8 cm³/mol. The molecule has 0 fully saturated rings. The summed E-state index contributed by atoms with van der Waals surface area (Å²) < 4.78 is 14.8. The van der Waals surface area contributed by atoms with Crippen molar-refractivity contribution >= 4 is 22.7 Å². The highest BCUT2D eigenvalue weighted by atomic mass is 19.1. The lowest BCUT2D eigenvalue weighted by Gasteiger charge is -2.00. The number of fused-ring (bicyclic) bond motifs is 1. The van der Waals surface area contributed by atoms with E-state index < -0.39 is 17.6 Å². The fourth-order valence-electron chi connectivity index (χ4n) is 2.07. The molecule has 0 unspecified atom stereocenters. The summed E-state index contributed by atoms with van der Waals surface area (Å²) in [7, 11) is 1.43. The number of hydrogen-bond donors (Lipinski definition) is 1. The van der Waals surface area contributed by atoms with Gasteiger partial charge in [0.15, 0.2) is 5.78 Å². The summed E-state index contributed by atoms with van der Waals surface area (Å²) in [5.41, 5.74) is 0.00204. The van der Waals surface area contributed by atoms with Crippen molar-refractivity contribution in [3.63, 3.8) is 0 Å². The van der Waals surface area contributed by atoms with Crippen LogP contribution in [0.2, 0.25) is 0 Å². The van der Waals surface area contributed by atoms with E-state index in [1.165, 1.54) is 30.7 Å². The van der Waals surface area contributed by atoms with Crippen LogP contribution >= 0.6 is 0 Å². The lowest BCUT2D eigenvalue weighted by atomic mass is 10.1. The van der Waals surface area contributed by atoms with E-state index in [2.05, 4.69) is 0 Å². The number of rotatable bonds is 2. The Morgan fingerprint density at radius 3 is 2.53 bits per heavy atom. The first-order valence-corrected chi connectivity index (χ1v) is 4.96. The van der Waals surface area contributed by atoms with E-state index in [0.717, 1.165) is 0 Å². The van der Waals surface area contributed by atoms with Crippen LogP contribution in [-0.4, -0.2) is 21.4 Å². The van der Waals surface area contributed by atoms with E-state index in [0.29, 0.717) is 5.39 Å². The first-order chi connectivity index (χ1) is 7.95. The predicted octanol–water partition coefficient (Wildman–Crippen LogP) is 2.22. The van der Waals surface area contributed by atoms with Crippen molar-refractivity contribution in [3.8, 4) is 0 Å². The number of carbonyl (C=O) groups is 2. The standard InChI is InChI=1S/C12H10FNO3/c1-6(15)9-7-4-3-5-8(13)10(7)14(2)11(9)12(16)17/h3-5H,1-2H3,(H,16,17). The van der Waals surface area contributed by atoms with Crippen LogP contribution in [0.1, 0.15) is 27.8 Å². The number of para-hydroxylation sites is 1. The Hall–Kier alpha value is -2.17. The fourth-order valence-corrected chi connectivity index (χ4v) is 2.07. The summed E-state index contributed by atoms with van der Waals surface area (Å²) in [6, 6.07) is 4.23. The molecule has 0 saturated heterocycles. The van der Waals surface area contributed by atoms with Gasteiger partial charge in [-0.25, -0.2) is 9.18 Å². The SMILES string of the molecule is CC(=O)c1c(C(=O)O)n(C)c2c(F)cccc12. The molecule has 0 amide bonds. The van der Waals surface area contributed by atoms with E-state index in [4.69, 9.17) is 5.11 Å². The lowest BCUT2D eigenvalue weighted by Crippen LogP contribution is -2.09. The number of hydrogen-bond acceptors (Lipinski definition) is 2. The lowest BCUT2D eigenvalue weighted by molar-refractivity contribution is 0.0682. The van der Waals surface area contributed by atoms with Gasteiger partial charge in [-0.3, -0.25) is 4.79 Å². The molecule has 0 bridgehead atoms. The number of aromatic nitrogens is 1. The van der Waals surface area contributed by atoms with E-state index >= 15 is 0 Å². The van der Waals surface area contributed by atoms with Crippen LogP contribution in [0.3, 0.4) is 0 Å². The number of aryl methyl sites for hydroxylation is 1. The van der Waals surface area contributed by atoms with E-state index in [1.807, 2.05) is 0 Å². The van der Waals surface area contributed by atoms with Gasteiger partial charge in [0.25, 0.3) is 0 Å². The summed E-state index contributed by atoms with van der Waals surface area (Å²) >= 11 is 0. The first kappa shape index (κ1) is 11.3. The second-order valence-electron chi connectivity index (χ2n) is 3.78. The van der Waals surface area contributed by atoms with Gasteiger partial charge < -0.3 is 9.67 Å². The number of carboxylic acids is 1. The minimum absolute atomic E-state index is 0.0505. The van der Waals surface area contributed by atoms with Crippen LogP contribution in [0.5, 0.6) is 0 Å². The summed E-state index contributed by atoms with van der Waals surface area (Å²) in [6.07, 6.45) is 0. The first-order valence-electron chi connectivity index (χ1n) is 4.96. The minimum atomic E-state index is -1.24. The highest BCUT2D eigenvalue weighted by molar-refractivity contribution is 6.14. The molecule has 1 aromatic carbocycles. The zero-order chi connectivity index (χ0) is 12.7. The van der Waals surface area contributed by atoms with Crippen molar-refractivity contribution in [2.24, 2.45) is 7.05 Å².